The van der Waals surface area contributed by atoms with Gasteiger partial charge in [-0.05, 0) is 38.3 Å². The second-order valence-electron chi connectivity index (χ2n) is 7.55. The van der Waals surface area contributed by atoms with E-state index in [0.717, 1.165) is 11.3 Å². The van der Waals surface area contributed by atoms with Gasteiger partial charge in [-0.25, -0.2) is 4.79 Å². The van der Waals surface area contributed by atoms with Crippen molar-refractivity contribution in [2.75, 3.05) is 31.6 Å². The fourth-order valence-corrected chi connectivity index (χ4v) is 2.99. The van der Waals surface area contributed by atoms with E-state index in [1.165, 1.54) is 0 Å². The third kappa shape index (κ3) is 5.92. The van der Waals surface area contributed by atoms with Crippen molar-refractivity contribution in [3.8, 4) is 0 Å². The van der Waals surface area contributed by atoms with Gasteiger partial charge in [0.1, 0.15) is 6.04 Å². The number of anilines is 1. The molecule has 5 N–H and O–H groups in total. The van der Waals surface area contributed by atoms with Crippen molar-refractivity contribution in [3.63, 3.8) is 0 Å². The number of β-amino-alcohol motifs (C(OH)–C–C–N with tert-alkyl or cyclic N) is 1. The number of para-hydroxylation sites is 1. The van der Waals surface area contributed by atoms with Crippen LogP contribution in [0.5, 0.6) is 0 Å². The van der Waals surface area contributed by atoms with Gasteiger partial charge in [0.2, 0.25) is 5.91 Å². The number of nitrogens with one attached hydrogen (secondary N) is 3. The molecule has 1 aliphatic heterocycles. The summed E-state index contributed by atoms with van der Waals surface area (Å²) in [5.41, 5.74) is 1.49. The molecule has 27 heavy (non-hydrogen) atoms. The molecule has 8 heteroatoms. The van der Waals surface area contributed by atoms with E-state index >= 15 is 0 Å². The maximum atomic E-state index is 12.7. The number of aliphatic hydroxyl groups excluding tert-OH is 2. The molecule has 0 aromatic heterocycles. The zero-order valence-electron chi connectivity index (χ0n) is 16.2. The number of amides is 3. The Balaban J connectivity index is 1.88. The SMILES string of the molecule is CN1C(=O)[C@H](NC(=O)NCC(C)(C)NC[C@H](O)CO)CCc2ccccc21. The summed E-state index contributed by atoms with van der Waals surface area (Å²) in [6.07, 6.45) is 0.403. The predicted molar refractivity (Wildman–Crippen MR) is 104 cm³/mol. The van der Waals surface area contributed by atoms with Gasteiger partial charge < -0.3 is 31.1 Å². The van der Waals surface area contributed by atoms with Crippen LogP contribution in [-0.2, 0) is 11.2 Å². The molecule has 1 aromatic carbocycles. The van der Waals surface area contributed by atoms with Crippen molar-refractivity contribution in [2.24, 2.45) is 0 Å². The highest BCUT2D eigenvalue weighted by Gasteiger charge is 2.29. The van der Waals surface area contributed by atoms with Crippen LogP contribution >= 0.6 is 0 Å². The number of hydrogen-bond acceptors (Lipinski definition) is 5. The van der Waals surface area contributed by atoms with Crippen molar-refractivity contribution in [1.29, 1.82) is 0 Å². The van der Waals surface area contributed by atoms with E-state index < -0.39 is 23.7 Å². The molecule has 2 atom stereocenters. The first-order valence-corrected chi connectivity index (χ1v) is 9.17. The number of urea groups is 1. The summed E-state index contributed by atoms with van der Waals surface area (Å²) in [6.45, 7) is 3.94. The molecular weight excluding hydrogens is 348 g/mol. The first kappa shape index (κ1) is 21.1. The van der Waals surface area contributed by atoms with E-state index in [-0.39, 0.29) is 19.1 Å². The van der Waals surface area contributed by atoms with Crippen molar-refractivity contribution in [2.45, 2.75) is 44.4 Å². The largest absolute Gasteiger partial charge is 0.394 e. The number of hydrogen-bond donors (Lipinski definition) is 5. The molecule has 0 fully saturated rings. The Labute approximate surface area is 159 Å². The second-order valence-corrected chi connectivity index (χ2v) is 7.55. The summed E-state index contributed by atoms with van der Waals surface area (Å²) in [6, 6.07) is 6.74. The van der Waals surface area contributed by atoms with E-state index in [2.05, 4.69) is 16.0 Å². The normalized spacial score (nSPS) is 18.5. The Morgan fingerprint density at radius 2 is 2.07 bits per heavy atom. The minimum Gasteiger partial charge on any atom is -0.394 e. The zero-order chi connectivity index (χ0) is 20.0. The highest BCUT2D eigenvalue weighted by atomic mass is 16.3. The highest BCUT2D eigenvalue weighted by molar-refractivity contribution is 5.99. The number of aryl methyl sites for hydroxylation is 1. The number of rotatable bonds is 7. The van der Waals surface area contributed by atoms with Crippen LogP contribution in [0.4, 0.5) is 10.5 Å². The molecule has 0 radical (unpaired) electrons. The summed E-state index contributed by atoms with van der Waals surface area (Å²) in [5, 5.41) is 26.9. The molecule has 3 amide bonds. The molecule has 1 aliphatic rings. The fraction of sp³-hybridized carbons (Fsp3) is 0.579. The van der Waals surface area contributed by atoms with E-state index in [1.807, 2.05) is 38.1 Å². The molecule has 8 nitrogen and oxygen atoms in total. The number of carbonyl (C=O) groups excluding carboxylic acids is 2. The van der Waals surface area contributed by atoms with Gasteiger partial charge in [-0.15, -0.1) is 0 Å². The lowest BCUT2D eigenvalue weighted by atomic mass is 10.1. The van der Waals surface area contributed by atoms with E-state index in [0.29, 0.717) is 19.4 Å². The molecule has 0 spiro atoms. The number of likely N-dealkylation sites (N-methyl/N-ethyl adjacent to an activating group) is 1. The lowest BCUT2D eigenvalue weighted by Crippen LogP contribution is -2.55. The van der Waals surface area contributed by atoms with Crippen LogP contribution in [0.15, 0.2) is 24.3 Å². The minimum absolute atomic E-state index is 0.140. The van der Waals surface area contributed by atoms with Gasteiger partial charge in [0, 0.05) is 31.4 Å². The Hall–Kier alpha value is -2.16. The molecule has 1 heterocycles. The van der Waals surface area contributed by atoms with Crippen molar-refractivity contribution in [3.05, 3.63) is 29.8 Å². The standard InChI is InChI=1S/C19H30N4O4/c1-19(2,21-10-14(25)11-24)12-20-18(27)22-15-9-8-13-6-4-5-7-16(13)23(3)17(15)26/h4-7,14-15,21,24-25H,8-12H2,1-3H3,(H2,20,22,27)/t14-,15+/m0/s1. The van der Waals surface area contributed by atoms with Crippen molar-refractivity contribution in [1.82, 2.24) is 16.0 Å². The van der Waals surface area contributed by atoms with E-state index in [9.17, 15) is 14.7 Å². The molecule has 0 saturated carbocycles. The lowest BCUT2D eigenvalue weighted by molar-refractivity contribution is -0.120. The average Bonchev–Trinajstić information content (AvgIpc) is 2.77. The van der Waals surface area contributed by atoms with Crippen LogP contribution in [-0.4, -0.2) is 66.6 Å². The second kappa shape index (κ2) is 9.16. The van der Waals surface area contributed by atoms with Gasteiger partial charge in [0.05, 0.1) is 12.7 Å². The van der Waals surface area contributed by atoms with E-state index in [1.54, 1.807) is 11.9 Å². The van der Waals surface area contributed by atoms with E-state index in [4.69, 9.17) is 5.11 Å². The molecule has 150 valence electrons. The number of carbonyl (C=O) groups is 2. The van der Waals surface area contributed by atoms with Crippen LogP contribution < -0.4 is 20.9 Å². The molecule has 2 rings (SSSR count). The molecular formula is C19H30N4O4. The molecule has 0 aliphatic carbocycles. The van der Waals surface area contributed by atoms with Crippen molar-refractivity contribution < 1.29 is 19.8 Å². The summed E-state index contributed by atoms with van der Waals surface area (Å²) in [7, 11) is 1.72. The van der Waals surface area contributed by atoms with Crippen LogP contribution in [0.3, 0.4) is 0 Å². The van der Waals surface area contributed by atoms with Crippen LogP contribution in [0.1, 0.15) is 25.8 Å². The predicted octanol–water partition coefficient (Wildman–Crippen LogP) is -0.0152. The Bertz CT molecular complexity index is 665. The summed E-state index contributed by atoms with van der Waals surface area (Å²) < 4.78 is 0. The fourth-order valence-electron chi connectivity index (χ4n) is 2.99. The lowest BCUT2D eigenvalue weighted by Gasteiger charge is -2.28. The van der Waals surface area contributed by atoms with Gasteiger partial charge in [0.15, 0.2) is 0 Å². The summed E-state index contributed by atoms with van der Waals surface area (Å²) in [4.78, 5) is 26.5. The Morgan fingerprint density at radius 1 is 1.37 bits per heavy atom. The van der Waals surface area contributed by atoms with Crippen molar-refractivity contribution >= 4 is 17.6 Å². The Kier molecular flexibility index (Phi) is 7.18. The van der Waals surface area contributed by atoms with Crippen LogP contribution in [0.2, 0.25) is 0 Å². The quantitative estimate of drug-likeness (QED) is 0.458. The minimum atomic E-state index is -0.848. The first-order valence-electron chi connectivity index (χ1n) is 9.17. The van der Waals surface area contributed by atoms with Gasteiger partial charge in [-0.1, -0.05) is 18.2 Å². The van der Waals surface area contributed by atoms with Gasteiger partial charge in [-0.2, -0.15) is 0 Å². The third-order valence-corrected chi connectivity index (χ3v) is 4.71. The monoisotopic (exact) mass is 378 g/mol. The molecule has 1 aromatic rings. The molecule has 0 bridgehead atoms. The maximum absolute atomic E-state index is 12.7. The summed E-state index contributed by atoms with van der Waals surface area (Å²) in [5.74, 6) is -0.140. The van der Waals surface area contributed by atoms with Crippen LogP contribution in [0, 0.1) is 0 Å². The van der Waals surface area contributed by atoms with Gasteiger partial charge >= 0.3 is 6.03 Å². The first-order chi connectivity index (χ1) is 12.7. The smallest absolute Gasteiger partial charge is 0.315 e. The summed E-state index contributed by atoms with van der Waals surface area (Å²) >= 11 is 0. The topological polar surface area (TPSA) is 114 Å². The van der Waals surface area contributed by atoms with Crippen LogP contribution in [0.25, 0.3) is 0 Å². The van der Waals surface area contributed by atoms with Gasteiger partial charge in [0.25, 0.3) is 0 Å². The number of aliphatic hydroxyl groups is 2. The van der Waals surface area contributed by atoms with Gasteiger partial charge in [-0.3, -0.25) is 4.79 Å². The molecule has 0 unspecified atom stereocenters. The zero-order valence-corrected chi connectivity index (χ0v) is 16.2. The highest BCUT2D eigenvalue weighted by Crippen LogP contribution is 2.25. The average molecular weight is 378 g/mol. The molecule has 0 saturated heterocycles. The number of benzene rings is 1. The number of nitrogens with zero attached hydrogens (tertiary/aromatic N) is 1. The third-order valence-electron chi connectivity index (χ3n) is 4.71. The number of fused-ring (bicyclic) bond motifs is 1. The maximum Gasteiger partial charge on any atom is 0.315 e. The Morgan fingerprint density at radius 3 is 2.78 bits per heavy atom.